The van der Waals surface area contributed by atoms with Crippen molar-refractivity contribution in [1.82, 2.24) is 47.4 Å². The number of methoxy groups -OCH3 is 1. The highest BCUT2D eigenvalue weighted by atomic mass is 16.7. The van der Waals surface area contributed by atoms with E-state index < -0.39 is 229 Å². The predicted octanol–water partition coefficient (Wildman–Crippen LogP) is 0.211. The summed E-state index contributed by atoms with van der Waals surface area (Å²) in [6.07, 6.45) is -5.03. The maximum atomic E-state index is 14.1. The van der Waals surface area contributed by atoms with Crippen LogP contribution in [0.1, 0.15) is 173 Å². The van der Waals surface area contributed by atoms with E-state index in [1.54, 1.807) is 11.0 Å². The molecule has 596 valence electrons. The van der Waals surface area contributed by atoms with Crippen LogP contribution < -0.4 is 52.6 Å². The number of carbonyl (C=O) groups excluding carboxylic acids is 13. The molecule has 37 nitrogen and oxygen atoms in total. The number of Topliss-reactive ketones (excluding diaryl/α,β-unsaturated/α-hetero) is 1. The summed E-state index contributed by atoms with van der Waals surface area (Å²) in [4.78, 5) is 210. The molecular weight excluding hydrogens is 1450 g/mol. The van der Waals surface area contributed by atoms with Crippen LogP contribution in [0, 0.1) is 5.92 Å². The monoisotopic (exact) mass is 1540 g/mol. The molecule has 0 spiro atoms. The van der Waals surface area contributed by atoms with Crippen LogP contribution >= 0.6 is 0 Å². The summed E-state index contributed by atoms with van der Waals surface area (Å²) >= 11 is 0. The summed E-state index contributed by atoms with van der Waals surface area (Å²) in [5.74, 6) is -17.1. The van der Waals surface area contributed by atoms with E-state index in [1.165, 1.54) is 76.4 Å². The summed E-state index contributed by atoms with van der Waals surface area (Å²) in [6, 6.07) is 0.0379. The summed E-state index contributed by atoms with van der Waals surface area (Å²) in [7, 11) is 1.27. The summed E-state index contributed by atoms with van der Waals surface area (Å²) in [6.45, 7) is 6.68. The van der Waals surface area contributed by atoms with Gasteiger partial charge in [0.2, 0.25) is 58.9 Å². The minimum absolute atomic E-state index is 0.00717. The molecule has 37 heteroatoms. The molecule has 0 saturated carbocycles. The Kier molecular flexibility index (Phi) is 30.5. The number of aliphatic hydroxyl groups is 2. The fourth-order valence-corrected chi connectivity index (χ4v) is 12.9. The first-order valence-electron chi connectivity index (χ1n) is 35.6. The highest BCUT2D eigenvalue weighted by molar-refractivity contribution is 6.31. The van der Waals surface area contributed by atoms with Gasteiger partial charge in [-0.1, -0.05) is 50.6 Å². The standard InChI is InChI=1S/C73H92N10O27/c1-35(2)61(82-68(101)44(23-24-53(89)90)79-70(103)46(28-54(91)92)78-51(87)33-75-67(100)43(76-38(5)85)15-9-10-25-74-50(86)17-8-7-11-26-83-27-13-18-52(83)88)71(104)80-47(29-55(93)94)69(102)77-40-21-19-39(20-22-40)34-108-72(105)81-45-30-56(109-36(3)62(45)95)110-49-32-73(106,37(4)84)31-42-58(49)66(99)60-59(64(42)97)63(96)41-14-12-16-48(107-6)57(41)65(60)98/h12-14,16,18-22,35-36,43-47,49,56,61-62,95,97,99,106H,7-11,15,17,23-34H2,1-6H3,(H,74,86)(H,75,100)(H,76,85)(H,77,102)(H,78,87)(H,79,103)(H,80,104)(H,81,105)(H,82,101)(H,89,90)(H,91,92)(H,93,94)/t36-,43-,44-,45-,46-,47-,49-,56-,61-,62+,73-/m0/s1. The molecule has 1 fully saturated rings. The number of rotatable bonds is 39. The third-order valence-electron chi connectivity index (χ3n) is 18.8. The molecular formula is C73H92N10O27. The van der Waals surface area contributed by atoms with E-state index in [0.29, 0.717) is 37.9 Å². The van der Waals surface area contributed by atoms with E-state index in [-0.39, 0.29) is 71.3 Å². The molecule has 7 rings (SSSR count). The third-order valence-corrected chi connectivity index (χ3v) is 18.8. The number of alkyl carbamates (subject to hydrolysis) is 1. The number of anilines is 1. The Labute approximate surface area is 629 Å². The average molecular weight is 1540 g/mol. The number of ketones is 3. The van der Waals surface area contributed by atoms with Gasteiger partial charge >= 0.3 is 24.0 Å². The zero-order valence-electron chi connectivity index (χ0n) is 61.2. The number of nitrogens with one attached hydrogen (secondary N) is 9. The van der Waals surface area contributed by atoms with Crippen LogP contribution in [0.4, 0.5) is 10.5 Å². The first kappa shape index (κ1) is 85.8. The molecule has 2 aliphatic heterocycles. The number of hydrogen-bond donors (Lipinski definition) is 16. The minimum atomic E-state index is -2.24. The first-order chi connectivity index (χ1) is 52.0. The predicted molar refractivity (Wildman–Crippen MR) is 380 cm³/mol. The number of nitrogens with zero attached hydrogens (tertiary/aromatic N) is 1. The number of aliphatic carboxylic acids is 3. The van der Waals surface area contributed by atoms with Gasteiger partial charge in [-0.2, -0.15) is 0 Å². The molecule has 0 aromatic heterocycles. The lowest BCUT2D eigenvalue weighted by Crippen LogP contribution is -2.59. The fraction of sp³-hybridized carbons (Fsp3) is 0.507. The van der Waals surface area contributed by atoms with Gasteiger partial charge in [-0.3, -0.25) is 71.9 Å². The number of phenolic OH excluding ortho intramolecular Hbond substituents is 2. The minimum Gasteiger partial charge on any atom is -0.507 e. The van der Waals surface area contributed by atoms with Gasteiger partial charge in [0.1, 0.15) is 65.8 Å². The molecule has 10 amide bonds. The van der Waals surface area contributed by atoms with Crippen LogP contribution in [0.2, 0.25) is 0 Å². The highest BCUT2D eigenvalue weighted by Gasteiger charge is 2.50. The number of aliphatic hydroxyl groups excluding tert-OH is 1. The second-order valence-corrected chi connectivity index (χ2v) is 27.4. The molecule has 2 aliphatic carbocycles. The Morgan fingerprint density at radius 3 is 1.96 bits per heavy atom. The second-order valence-electron chi connectivity index (χ2n) is 27.4. The van der Waals surface area contributed by atoms with Crippen molar-refractivity contribution in [3.05, 3.63) is 93.6 Å². The molecule has 2 heterocycles. The van der Waals surface area contributed by atoms with Crippen molar-refractivity contribution in [3.8, 4) is 17.2 Å². The molecule has 11 atom stereocenters. The number of unbranched alkanes of at least 4 members (excludes halogenated alkanes) is 3. The van der Waals surface area contributed by atoms with Gasteiger partial charge in [0.25, 0.3) is 0 Å². The molecule has 3 aromatic carbocycles. The van der Waals surface area contributed by atoms with Crippen LogP contribution in [0.5, 0.6) is 17.2 Å². The smallest absolute Gasteiger partial charge is 0.407 e. The third kappa shape index (κ3) is 23.1. The van der Waals surface area contributed by atoms with Crippen LogP contribution in [0.25, 0.3) is 0 Å². The molecule has 0 bridgehead atoms. The topological polar surface area (TPSA) is 563 Å². The summed E-state index contributed by atoms with van der Waals surface area (Å²) in [5.41, 5.74) is -3.84. The van der Waals surface area contributed by atoms with Crippen molar-refractivity contribution in [2.45, 2.75) is 198 Å². The maximum Gasteiger partial charge on any atom is 0.407 e. The van der Waals surface area contributed by atoms with Gasteiger partial charge in [0.15, 0.2) is 17.9 Å². The molecule has 16 N–H and O–H groups in total. The number of carboxylic acids is 3. The maximum absolute atomic E-state index is 14.1. The van der Waals surface area contributed by atoms with Crippen molar-refractivity contribution in [1.29, 1.82) is 0 Å². The lowest BCUT2D eigenvalue weighted by atomic mass is 9.72. The highest BCUT2D eigenvalue weighted by Crippen LogP contribution is 2.53. The number of carbonyl (C=O) groups is 16. The first-order valence-corrected chi connectivity index (χ1v) is 35.6. The van der Waals surface area contributed by atoms with E-state index in [9.17, 15) is 112 Å². The molecule has 3 aromatic rings. The van der Waals surface area contributed by atoms with E-state index in [0.717, 1.165) is 26.7 Å². The summed E-state index contributed by atoms with van der Waals surface area (Å²) < 4.78 is 23.0. The number of carboxylic acid groups (broad SMARTS) is 3. The average Bonchev–Trinajstić information content (AvgIpc) is 0.755. The Hall–Kier alpha value is -11.4. The lowest BCUT2D eigenvalue weighted by Gasteiger charge is -2.42. The van der Waals surface area contributed by atoms with E-state index in [4.69, 9.17) is 18.9 Å². The van der Waals surface area contributed by atoms with E-state index in [2.05, 4.69) is 47.9 Å². The molecule has 0 radical (unpaired) electrons. The second kappa shape index (κ2) is 39.1. The van der Waals surface area contributed by atoms with Crippen molar-refractivity contribution >= 4 is 100 Å². The quantitative estimate of drug-likeness (QED) is 0.0210. The van der Waals surface area contributed by atoms with Gasteiger partial charge < -0.3 is 107 Å². The Balaban J connectivity index is 0.903. The number of benzene rings is 3. The SMILES string of the molecule is COc1cccc2c1C(=O)c1c(O)c3c(c(O)c1C2=O)C[C@@](O)(C(C)=O)C[C@@H]3O[C@H]1C[C@H](NC(=O)OCc2ccc(NC(=O)[C@H](CC(=O)O)NC(=O)[C@@H](NC(=O)[C@H](CCC(=O)O)NC(=O)[C@H](CC(=O)O)NC(=O)CNC(=O)[C@H](CCCCNC(=O)CCCCCN3CC=CC3=O)NC(C)=O)C(C)C)cc2)[C@H](O)[C@H](C)O1. The largest absolute Gasteiger partial charge is 0.507 e. The fourth-order valence-electron chi connectivity index (χ4n) is 12.9. The number of aromatic hydroxyl groups is 2. The Bertz CT molecular complexity index is 4070. The van der Waals surface area contributed by atoms with Gasteiger partial charge in [-0.25, -0.2) is 4.79 Å². The van der Waals surface area contributed by atoms with E-state index >= 15 is 0 Å². The van der Waals surface area contributed by atoms with Gasteiger partial charge in [-0.15, -0.1) is 0 Å². The zero-order chi connectivity index (χ0) is 81.0. The van der Waals surface area contributed by atoms with Crippen molar-refractivity contribution in [2.75, 3.05) is 38.6 Å². The number of hydrogen-bond acceptors (Lipinski definition) is 24. The van der Waals surface area contributed by atoms with Crippen LogP contribution in [0.3, 0.4) is 0 Å². The zero-order valence-corrected chi connectivity index (χ0v) is 61.2. The number of fused-ring (bicyclic) bond motifs is 3. The summed E-state index contributed by atoms with van der Waals surface area (Å²) in [5, 5.41) is 97.1. The van der Waals surface area contributed by atoms with E-state index in [1.807, 2.05) is 0 Å². The van der Waals surface area contributed by atoms with Crippen LogP contribution in [-0.4, -0.2) is 229 Å². The van der Waals surface area contributed by atoms with Crippen molar-refractivity contribution in [2.24, 2.45) is 5.92 Å². The van der Waals surface area contributed by atoms with Crippen molar-refractivity contribution < 1.29 is 131 Å². The number of amides is 10. The molecule has 4 aliphatic rings. The molecule has 1 saturated heterocycles. The normalized spacial score (nSPS) is 19.6. The van der Waals surface area contributed by atoms with Crippen molar-refractivity contribution in [3.63, 3.8) is 0 Å². The number of ether oxygens (including phenoxy) is 4. The number of phenols is 2. The Morgan fingerprint density at radius 2 is 1.34 bits per heavy atom. The van der Waals surface area contributed by atoms with Crippen LogP contribution in [0.15, 0.2) is 54.6 Å². The van der Waals surface area contributed by atoms with Gasteiger partial charge in [-0.05, 0) is 82.1 Å². The Morgan fingerprint density at radius 1 is 0.682 bits per heavy atom. The lowest BCUT2D eigenvalue weighted by molar-refractivity contribution is -0.249. The van der Waals surface area contributed by atoms with Crippen LogP contribution in [-0.2, 0) is 89.6 Å². The van der Waals surface area contributed by atoms with Gasteiger partial charge in [0.05, 0.1) is 61.4 Å². The molecule has 110 heavy (non-hydrogen) atoms. The molecule has 0 unspecified atom stereocenters. The van der Waals surface area contributed by atoms with Gasteiger partial charge in [0, 0.05) is 87.1 Å².